The number of hydrogen-bond acceptors (Lipinski definition) is 4. The lowest BCUT2D eigenvalue weighted by atomic mass is 10.0. The summed E-state index contributed by atoms with van der Waals surface area (Å²) in [5.41, 5.74) is 0. The molecular weight excluding hydrogens is 328 g/mol. The molecule has 3 rings (SSSR count). The van der Waals surface area contributed by atoms with Crippen molar-refractivity contribution in [2.45, 2.75) is 38.9 Å². The van der Waals surface area contributed by atoms with Gasteiger partial charge in [-0.05, 0) is 70.8 Å². The van der Waals surface area contributed by atoms with Crippen molar-refractivity contribution in [1.82, 2.24) is 0 Å². The third-order valence-corrected chi connectivity index (χ3v) is 4.57. The predicted molar refractivity (Wildman–Crippen MR) is 105 cm³/mol. The first-order valence-corrected chi connectivity index (χ1v) is 9.18. The summed E-state index contributed by atoms with van der Waals surface area (Å²) in [7, 11) is 0. The highest BCUT2D eigenvalue weighted by Gasteiger charge is 2.06. The summed E-state index contributed by atoms with van der Waals surface area (Å²) in [5, 5.41) is 23.7. The first-order chi connectivity index (χ1) is 12.6. The molecule has 0 saturated carbocycles. The highest BCUT2D eigenvalue weighted by molar-refractivity contribution is 5.99. The molecule has 0 aliphatic rings. The Morgan fingerprint density at radius 3 is 1.50 bits per heavy atom. The first kappa shape index (κ1) is 18.5. The third kappa shape index (κ3) is 4.45. The van der Waals surface area contributed by atoms with Crippen LogP contribution in [0, 0.1) is 0 Å². The predicted octanol–water partition coefficient (Wildman–Crippen LogP) is 4.29. The van der Waals surface area contributed by atoms with Gasteiger partial charge in [0.2, 0.25) is 0 Å². The number of benzene rings is 3. The van der Waals surface area contributed by atoms with Crippen molar-refractivity contribution in [3.05, 3.63) is 48.5 Å². The monoisotopic (exact) mass is 354 g/mol. The Morgan fingerprint density at radius 1 is 0.654 bits per heavy atom. The van der Waals surface area contributed by atoms with Crippen molar-refractivity contribution in [2.75, 3.05) is 13.2 Å². The molecule has 0 bridgehead atoms. The number of hydrogen-bond donors (Lipinski definition) is 2. The third-order valence-electron chi connectivity index (χ3n) is 4.57. The summed E-state index contributed by atoms with van der Waals surface area (Å²) in [4.78, 5) is 0. The maximum absolute atomic E-state index is 9.66. The van der Waals surface area contributed by atoms with Crippen molar-refractivity contribution in [3.8, 4) is 11.5 Å². The summed E-state index contributed by atoms with van der Waals surface area (Å²) < 4.78 is 11.4. The van der Waals surface area contributed by atoms with Gasteiger partial charge >= 0.3 is 0 Å². The molecule has 2 N–H and O–H groups in total. The number of rotatable bonds is 8. The van der Waals surface area contributed by atoms with Gasteiger partial charge in [-0.25, -0.2) is 0 Å². The van der Waals surface area contributed by atoms with Crippen molar-refractivity contribution in [1.29, 1.82) is 0 Å². The van der Waals surface area contributed by atoms with Crippen LogP contribution in [0.5, 0.6) is 11.5 Å². The minimum atomic E-state index is -0.444. The van der Waals surface area contributed by atoms with Crippen LogP contribution in [0.15, 0.2) is 48.5 Å². The number of aliphatic hydroxyl groups is 2. The van der Waals surface area contributed by atoms with Gasteiger partial charge in [-0.1, -0.05) is 26.0 Å². The molecule has 138 valence electrons. The van der Waals surface area contributed by atoms with Gasteiger partial charge in [-0.3, -0.25) is 0 Å². The minimum absolute atomic E-state index is 0.299. The molecule has 2 atom stereocenters. The van der Waals surface area contributed by atoms with Gasteiger partial charge in [-0.2, -0.15) is 0 Å². The van der Waals surface area contributed by atoms with E-state index in [-0.39, 0.29) is 0 Å². The fraction of sp³-hybridized carbons (Fsp3) is 0.364. The molecule has 0 radical (unpaired) electrons. The second kappa shape index (κ2) is 8.39. The van der Waals surface area contributed by atoms with Crippen LogP contribution < -0.4 is 9.47 Å². The van der Waals surface area contributed by atoms with Gasteiger partial charge in [0, 0.05) is 0 Å². The number of ether oxygens (including phenoxy) is 2. The Kier molecular flexibility index (Phi) is 5.96. The van der Waals surface area contributed by atoms with Gasteiger partial charge in [0.15, 0.2) is 0 Å². The molecule has 0 heterocycles. The van der Waals surface area contributed by atoms with Gasteiger partial charge < -0.3 is 19.7 Å². The molecule has 4 nitrogen and oxygen atoms in total. The van der Waals surface area contributed by atoms with E-state index >= 15 is 0 Å². The van der Waals surface area contributed by atoms with Crippen LogP contribution in [0.1, 0.15) is 26.7 Å². The summed E-state index contributed by atoms with van der Waals surface area (Å²) in [6.45, 7) is 4.46. The average molecular weight is 354 g/mol. The summed E-state index contributed by atoms with van der Waals surface area (Å²) in [6, 6.07) is 16.2. The number of aliphatic hydroxyl groups excluding tert-OH is 2. The molecule has 2 unspecified atom stereocenters. The van der Waals surface area contributed by atoms with E-state index in [9.17, 15) is 10.2 Å². The smallest absolute Gasteiger partial charge is 0.120 e. The Morgan fingerprint density at radius 2 is 1.08 bits per heavy atom. The topological polar surface area (TPSA) is 58.9 Å². The molecule has 3 aromatic carbocycles. The van der Waals surface area contributed by atoms with E-state index < -0.39 is 12.2 Å². The lowest BCUT2D eigenvalue weighted by Crippen LogP contribution is -2.15. The summed E-state index contributed by atoms with van der Waals surface area (Å²) in [5.74, 6) is 1.51. The SMILES string of the molecule is CCC(O)COc1ccc2cc3ccc(OCC(O)CC)cc3cc2c1. The van der Waals surface area contributed by atoms with Crippen LogP contribution in [-0.4, -0.2) is 35.6 Å². The molecule has 0 amide bonds. The Labute approximate surface area is 154 Å². The largest absolute Gasteiger partial charge is 0.491 e. The number of fused-ring (bicyclic) bond motifs is 2. The van der Waals surface area contributed by atoms with Crippen molar-refractivity contribution in [2.24, 2.45) is 0 Å². The molecule has 0 saturated heterocycles. The van der Waals surface area contributed by atoms with E-state index in [1.807, 2.05) is 50.2 Å². The highest BCUT2D eigenvalue weighted by atomic mass is 16.5. The van der Waals surface area contributed by atoms with Crippen LogP contribution in [0.3, 0.4) is 0 Å². The van der Waals surface area contributed by atoms with E-state index in [0.29, 0.717) is 26.1 Å². The maximum Gasteiger partial charge on any atom is 0.120 e. The zero-order chi connectivity index (χ0) is 18.5. The van der Waals surface area contributed by atoms with Gasteiger partial charge in [-0.15, -0.1) is 0 Å². The lowest BCUT2D eigenvalue weighted by molar-refractivity contribution is 0.104. The highest BCUT2D eigenvalue weighted by Crippen LogP contribution is 2.29. The molecule has 4 heteroatoms. The zero-order valence-corrected chi connectivity index (χ0v) is 15.3. The van der Waals surface area contributed by atoms with Crippen molar-refractivity contribution in [3.63, 3.8) is 0 Å². The summed E-state index contributed by atoms with van der Waals surface area (Å²) in [6.07, 6.45) is 0.461. The second-order valence-corrected chi connectivity index (χ2v) is 6.62. The van der Waals surface area contributed by atoms with Crippen molar-refractivity contribution >= 4 is 21.5 Å². The van der Waals surface area contributed by atoms with E-state index in [1.54, 1.807) is 0 Å². The van der Waals surface area contributed by atoms with Crippen LogP contribution >= 0.6 is 0 Å². The molecule has 0 aliphatic carbocycles. The molecule has 0 spiro atoms. The van der Waals surface area contributed by atoms with E-state index in [4.69, 9.17) is 9.47 Å². The second-order valence-electron chi connectivity index (χ2n) is 6.62. The van der Waals surface area contributed by atoms with Crippen LogP contribution in [0.25, 0.3) is 21.5 Å². The maximum atomic E-state index is 9.66. The van der Waals surface area contributed by atoms with Gasteiger partial charge in [0.1, 0.15) is 24.7 Å². The zero-order valence-electron chi connectivity index (χ0n) is 15.3. The lowest BCUT2D eigenvalue weighted by Gasteiger charge is -2.12. The fourth-order valence-electron chi connectivity index (χ4n) is 2.75. The van der Waals surface area contributed by atoms with Crippen LogP contribution in [-0.2, 0) is 0 Å². The van der Waals surface area contributed by atoms with Crippen molar-refractivity contribution < 1.29 is 19.7 Å². The Hall–Kier alpha value is -2.30. The Bertz CT molecular complexity index is 806. The van der Waals surface area contributed by atoms with E-state index in [2.05, 4.69) is 12.1 Å². The first-order valence-electron chi connectivity index (χ1n) is 9.18. The Balaban J connectivity index is 1.85. The minimum Gasteiger partial charge on any atom is -0.491 e. The van der Waals surface area contributed by atoms with E-state index in [0.717, 1.165) is 33.0 Å². The fourth-order valence-corrected chi connectivity index (χ4v) is 2.75. The molecule has 0 aliphatic heterocycles. The standard InChI is InChI=1S/C22H26O4/c1-3-19(23)13-25-21-7-5-15-9-16-6-8-22(26-14-20(24)4-2)12-18(16)10-17(15)11-21/h5-12,19-20,23-24H,3-4,13-14H2,1-2H3. The summed E-state index contributed by atoms with van der Waals surface area (Å²) >= 11 is 0. The average Bonchev–Trinajstić information content (AvgIpc) is 2.68. The molecular formula is C22H26O4. The molecule has 3 aromatic rings. The quantitative estimate of drug-likeness (QED) is 0.593. The van der Waals surface area contributed by atoms with Gasteiger partial charge in [0.05, 0.1) is 12.2 Å². The molecule has 0 fully saturated rings. The molecule has 26 heavy (non-hydrogen) atoms. The van der Waals surface area contributed by atoms with E-state index in [1.165, 1.54) is 0 Å². The van der Waals surface area contributed by atoms with Crippen LogP contribution in [0.2, 0.25) is 0 Å². The van der Waals surface area contributed by atoms with Crippen LogP contribution in [0.4, 0.5) is 0 Å². The molecule has 0 aromatic heterocycles. The van der Waals surface area contributed by atoms with Gasteiger partial charge in [0.25, 0.3) is 0 Å². The normalized spacial score (nSPS) is 13.7.